The number of carboxylic acid groups (broad SMARTS) is 1. The zero-order valence-electron chi connectivity index (χ0n) is 18.0. The summed E-state index contributed by atoms with van der Waals surface area (Å²) in [5.74, 6) is 0.321. The van der Waals surface area contributed by atoms with E-state index in [1.54, 1.807) is 0 Å². The van der Waals surface area contributed by atoms with E-state index in [0.717, 1.165) is 46.3 Å². The Hall–Kier alpha value is -3.86. The maximum atomic E-state index is 10.9. The number of carbonyl (C=O) groups is 1. The number of fused-ring (bicyclic) bond motifs is 1. The molecule has 3 aromatic carbocycles. The first kappa shape index (κ1) is 21.4. The van der Waals surface area contributed by atoms with E-state index < -0.39 is 5.97 Å². The van der Waals surface area contributed by atoms with Crippen LogP contribution in [0.1, 0.15) is 22.4 Å². The van der Waals surface area contributed by atoms with Crippen molar-refractivity contribution in [2.45, 2.75) is 26.4 Å². The molecule has 5 heteroatoms. The Morgan fingerprint density at radius 2 is 1.75 bits per heavy atom. The largest absolute Gasteiger partial charge is 0.489 e. The molecule has 0 saturated carbocycles. The van der Waals surface area contributed by atoms with Crippen LogP contribution in [0.5, 0.6) is 11.5 Å². The van der Waals surface area contributed by atoms with Gasteiger partial charge in [0.25, 0.3) is 0 Å². The number of aliphatic carboxylic acids is 1. The summed E-state index contributed by atoms with van der Waals surface area (Å²) in [6.07, 6.45) is 1.71. The minimum atomic E-state index is -1.01. The van der Waals surface area contributed by atoms with Gasteiger partial charge < -0.3 is 14.6 Å². The smallest absolute Gasteiger partial charge is 0.341 e. The second-order valence-corrected chi connectivity index (χ2v) is 7.68. The van der Waals surface area contributed by atoms with E-state index >= 15 is 0 Å². The van der Waals surface area contributed by atoms with Crippen LogP contribution in [0.4, 0.5) is 0 Å². The number of carboxylic acids is 1. The normalized spacial score (nSPS) is 10.8. The lowest BCUT2D eigenvalue weighted by molar-refractivity contribution is -0.139. The van der Waals surface area contributed by atoms with Crippen molar-refractivity contribution in [3.8, 4) is 11.5 Å². The average molecular weight is 428 g/mol. The SMILES string of the molecule is Cc1cccc(COc2cccc(CCc3ccc4ccccc4n3)c2)c1OCC(=O)O. The lowest BCUT2D eigenvalue weighted by Crippen LogP contribution is -2.12. The molecule has 32 heavy (non-hydrogen) atoms. The van der Waals surface area contributed by atoms with Gasteiger partial charge in [-0.15, -0.1) is 0 Å². The van der Waals surface area contributed by atoms with Gasteiger partial charge in [-0.05, 0) is 55.2 Å². The number of aryl methyl sites for hydroxylation is 3. The van der Waals surface area contributed by atoms with Crippen molar-refractivity contribution in [2.75, 3.05) is 6.61 Å². The third-order valence-corrected chi connectivity index (χ3v) is 5.25. The van der Waals surface area contributed by atoms with Crippen molar-refractivity contribution in [3.05, 3.63) is 101 Å². The number of aromatic nitrogens is 1. The predicted octanol–water partition coefficient (Wildman–Crippen LogP) is 5.37. The van der Waals surface area contributed by atoms with Crippen molar-refractivity contribution < 1.29 is 19.4 Å². The summed E-state index contributed by atoms with van der Waals surface area (Å²) in [4.78, 5) is 15.6. The Balaban J connectivity index is 1.40. The fraction of sp³-hybridized carbons (Fsp3) is 0.185. The number of pyridine rings is 1. The molecule has 1 heterocycles. The van der Waals surface area contributed by atoms with E-state index in [4.69, 9.17) is 19.6 Å². The molecule has 5 nitrogen and oxygen atoms in total. The van der Waals surface area contributed by atoms with Crippen LogP contribution < -0.4 is 9.47 Å². The molecular formula is C27H25NO4. The van der Waals surface area contributed by atoms with E-state index in [2.05, 4.69) is 24.3 Å². The van der Waals surface area contributed by atoms with Crippen molar-refractivity contribution in [1.29, 1.82) is 0 Å². The van der Waals surface area contributed by atoms with Gasteiger partial charge in [0.2, 0.25) is 0 Å². The molecular weight excluding hydrogens is 402 g/mol. The zero-order chi connectivity index (χ0) is 22.3. The first-order valence-electron chi connectivity index (χ1n) is 10.6. The van der Waals surface area contributed by atoms with Gasteiger partial charge in [0.1, 0.15) is 18.1 Å². The molecule has 1 N–H and O–H groups in total. The Labute approximate surface area is 187 Å². The van der Waals surface area contributed by atoms with E-state index in [1.807, 2.05) is 61.5 Å². The summed E-state index contributed by atoms with van der Waals surface area (Å²) >= 11 is 0. The molecule has 0 spiro atoms. The zero-order valence-corrected chi connectivity index (χ0v) is 18.0. The summed E-state index contributed by atoms with van der Waals surface area (Å²) in [7, 11) is 0. The number of ether oxygens (including phenoxy) is 2. The molecule has 0 aliphatic rings. The van der Waals surface area contributed by atoms with E-state index in [9.17, 15) is 4.79 Å². The lowest BCUT2D eigenvalue weighted by Gasteiger charge is -2.14. The molecule has 162 valence electrons. The van der Waals surface area contributed by atoms with Gasteiger partial charge in [-0.25, -0.2) is 4.79 Å². The number of para-hydroxylation sites is 2. The molecule has 4 aromatic rings. The molecule has 0 saturated heterocycles. The first-order valence-corrected chi connectivity index (χ1v) is 10.6. The van der Waals surface area contributed by atoms with Gasteiger partial charge in [-0.3, -0.25) is 4.98 Å². The second-order valence-electron chi connectivity index (χ2n) is 7.68. The molecule has 0 aliphatic carbocycles. The van der Waals surface area contributed by atoms with Crippen LogP contribution in [0.25, 0.3) is 10.9 Å². The summed E-state index contributed by atoms with van der Waals surface area (Å²) in [6, 6.07) is 26.0. The summed E-state index contributed by atoms with van der Waals surface area (Å²) in [5.41, 5.74) is 4.95. The maximum Gasteiger partial charge on any atom is 0.341 e. The van der Waals surface area contributed by atoms with Crippen molar-refractivity contribution >= 4 is 16.9 Å². The van der Waals surface area contributed by atoms with Gasteiger partial charge >= 0.3 is 5.97 Å². The van der Waals surface area contributed by atoms with E-state index in [-0.39, 0.29) is 6.61 Å². The van der Waals surface area contributed by atoms with Gasteiger partial charge in [-0.2, -0.15) is 0 Å². The van der Waals surface area contributed by atoms with Crippen molar-refractivity contribution in [1.82, 2.24) is 4.98 Å². The molecule has 0 atom stereocenters. The predicted molar refractivity (Wildman–Crippen MR) is 124 cm³/mol. The fourth-order valence-corrected chi connectivity index (χ4v) is 3.64. The van der Waals surface area contributed by atoms with Crippen LogP contribution in [0, 0.1) is 6.92 Å². The van der Waals surface area contributed by atoms with Crippen LogP contribution in [0.2, 0.25) is 0 Å². The molecule has 0 unspecified atom stereocenters. The summed E-state index contributed by atoms with van der Waals surface area (Å²) in [5, 5.41) is 10.1. The minimum absolute atomic E-state index is 0.298. The third kappa shape index (κ3) is 5.43. The van der Waals surface area contributed by atoms with Crippen LogP contribution in [0.15, 0.2) is 78.9 Å². The highest BCUT2D eigenvalue weighted by atomic mass is 16.5. The fourth-order valence-electron chi connectivity index (χ4n) is 3.64. The highest BCUT2D eigenvalue weighted by Gasteiger charge is 2.10. The van der Waals surface area contributed by atoms with Gasteiger partial charge in [-0.1, -0.05) is 54.6 Å². The number of hydrogen-bond acceptors (Lipinski definition) is 4. The van der Waals surface area contributed by atoms with Gasteiger partial charge in [0.15, 0.2) is 6.61 Å². The van der Waals surface area contributed by atoms with Crippen LogP contribution in [-0.2, 0) is 24.2 Å². The van der Waals surface area contributed by atoms with Crippen LogP contribution in [0.3, 0.4) is 0 Å². The lowest BCUT2D eigenvalue weighted by atomic mass is 10.1. The van der Waals surface area contributed by atoms with E-state index in [0.29, 0.717) is 12.4 Å². The number of rotatable bonds is 9. The summed E-state index contributed by atoms with van der Waals surface area (Å²) < 4.78 is 11.5. The van der Waals surface area contributed by atoms with E-state index in [1.165, 1.54) is 5.56 Å². The molecule has 0 radical (unpaired) electrons. The number of hydrogen-bond donors (Lipinski definition) is 1. The number of benzene rings is 3. The Kier molecular flexibility index (Phi) is 6.66. The van der Waals surface area contributed by atoms with Gasteiger partial charge in [0.05, 0.1) is 5.52 Å². The number of nitrogens with zero attached hydrogens (tertiary/aromatic N) is 1. The van der Waals surface area contributed by atoms with Crippen molar-refractivity contribution in [2.24, 2.45) is 0 Å². The highest BCUT2D eigenvalue weighted by Crippen LogP contribution is 2.25. The topological polar surface area (TPSA) is 68.7 Å². The Morgan fingerprint density at radius 1 is 0.906 bits per heavy atom. The first-order chi connectivity index (χ1) is 15.6. The Bertz CT molecular complexity index is 1240. The standard InChI is InChI=1S/C27H25NO4/c1-19-6-4-9-22(27(19)32-18-26(29)30)17-31-24-10-5-7-20(16-24)12-14-23-15-13-21-8-2-3-11-25(21)28-23/h2-11,13,15-16H,12,14,17-18H2,1H3,(H,29,30). The Morgan fingerprint density at radius 3 is 2.62 bits per heavy atom. The highest BCUT2D eigenvalue weighted by molar-refractivity contribution is 5.78. The van der Waals surface area contributed by atoms with Crippen LogP contribution >= 0.6 is 0 Å². The molecule has 1 aromatic heterocycles. The van der Waals surface area contributed by atoms with Gasteiger partial charge in [0, 0.05) is 16.6 Å². The average Bonchev–Trinajstić information content (AvgIpc) is 2.81. The minimum Gasteiger partial charge on any atom is -0.489 e. The van der Waals surface area contributed by atoms with Crippen molar-refractivity contribution in [3.63, 3.8) is 0 Å². The molecule has 0 fully saturated rings. The molecule has 4 rings (SSSR count). The summed E-state index contributed by atoms with van der Waals surface area (Å²) in [6.45, 7) is 1.81. The second kappa shape index (κ2) is 9.96. The van der Waals surface area contributed by atoms with Crippen LogP contribution in [-0.4, -0.2) is 22.7 Å². The molecule has 0 amide bonds. The molecule has 0 aliphatic heterocycles. The monoisotopic (exact) mass is 427 g/mol. The molecule has 0 bridgehead atoms. The third-order valence-electron chi connectivity index (χ3n) is 5.25. The quantitative estimate of drug-likeness (QED) is 0.389. The maximum absolute atomic E-state index is 10.9.